The molecular formula is C18H30N2O. The highest BCUT2D eigenvalue weighted by Crippen LogP contribution is 2.27. The fraction of sp³-hybridized carbons (Fsp3) is 0.667. The van der Waals surface area contributed by atoms with Gasteiger partial charge in [0.15, 0.2) is 0 Å². The molecule has 3 atom stereocenters. The molecule has 0 aromatic heterocycles. The quantitative estimate of drug-likeness (QED) is 0.837. The lowest BCUT2D eigenvalue weighted by molar-refractivity contribution is 0.0531. The van der Waals surface area contributed by atoms with Crippen LogP contribution in [0.25, 0.3) is 0 Å². The predicted octanol–water partition coefficient (Wildman–Crippen LogP) is 3.27. The Morgan fingerprint density at radius 2 is 2.00 bits per heavy atom. The van der Waals surface area contributed by atoms with Crippen LogP contribution in [0.3, 0.4) is 0 Å². The van der Waals surface area contributed by atoms with Crippen LogP contribution in [-0.2, 0) is 4.74 Å². The van der Waals surface area contributed by atoms with Gasteiger partial charge in [-0.2, -0.15) is 0 Å². The molecule has 0 spiro atoms. The van der Waals surface area contributed by atoms with E-state index in [1.807, 2.05) is 0 Å². The topological polar surface area (TPSA) is 38.5 Å². The second kappa shape index (κ2) is 7.92. The molecule has 1 saturated heterocycles. The molecule has 1 fully saturated rings. The monoisotopic (exact) mass is 290 g/mol. The first-order chi connectivity index (χ1) is 10.2. The molecule has 0 radical (unpaired) electrons. The van der Waals surface area contributed by atoms with Crippen molar-refractivity contribution >= 4 is 0 Å². The molecule has 21 heavy (non-hydrogen) atoms. The van der Waals surface area contributed by atoms with Crippen molar-refractivity contribution in [2.75, 3.05) is 19.7 Å². The summed E-state index contributed by atoms with van der Waals surface area (Å²) in [4.78, 5) is 2.49. The van der Waals surface area contributed by atoms with E-state index in [0.29, 0.717) is 6.10 Å². The molecular weight excluding hydrogens is 260 g/mol. The number of rotatable bonds is 7. The second-order valence-electron chi connectivity index (χ2n) is 6.15. The minimum absolute atomic E-state index is 0.161. The predicted molar refractivity (Wildman–Crippen MR) is 88.4 cm³/mol. The molecule has 1 aromatic carbocycles. The summed E-state index contributed by atoms with van der Waals surface area (Å²) >= 11 is 0. The van der Waals surface area contributed by atoms with E-state index in [9.17, 15) is 0 Å². The van der Waals surface area contributed by atoms with E-state index < -0.39 is 0 Å². The van der Waals surface area contributed by atoms with Crippen molar-refractivity contribution in [1.29, 1.82) is 0 Å². The van der Waals surface area contributed by atoms with E-state index in [0.717, 1.165) is 26.1 Å². The van der Waals surface area contributed by atoms with Crippen LogP contribution in [0.5, 0.6) is 0 Å². The maximum Gasteiger partial charge on any atom is 0.0703 e. The van der Waals surface area contributed by atoms with Gasteiger partial charge in [-0.3, -0.25) is 4.90 Å². The summed E-state index contributed by atoms with van der Waals surface area (Å²) in [5.74, 6) is 0. The molecule has 1 aliphatic heterocycles. The fourth-order valence-electron chi connectivity index (χ4n) is 3.20. The summed E-state index contributed by atoms with van der Waals surface area (Å²) in [5.41, 5.74) is 9.08. The van der Waals surface area contributed by atoms with Crippen LogP contribution in [0.1, 0.15) is 50.3 Å². The van der Waals surface area contributed by atoms with E-state index in [1.165, 1.54) is 24.0 Å². The van der Waals surface area contributed by atoms with E-state index >= 15 is 0 Å². The van der Waals surface area contributed by atoms with E-state index in [4.69, 9.17) is 10.5 Å². The van der Waals surface area contributed by atoms with Crippen LogP contribution < -0.4 is 5.73 Å². The first-order valence-corrected chi connectivity index (χ1v) is 8.33. The highest BCUT2D eigenvalue weighted by Gasteiger charge is 2.28. The van der Waals surface area contributed by atoms with Gasteiger partial charge in [0.05, 0.1) is 6.10 Å². The molecule has 0 amide bonds. The number of benzene rings is 1. The third-order valence-corrected chi connectivity index (χ3v) is 4.56. The fourth-order valence-corrected chi connectivity index (χ4v) is 3.20. The van der Waals surface area contributed by atoms with Crippen molar-refractivity contribution in [3.63, 3.8) is 0 Å². The maximum absolute atomic E-state index is 6.46. The number of nitrogens with two attached hydrogens (primary N) is 1. The Balaban J connectivity index is 2.17. The molecule has 1 aromatic rings. The van der Waals surface area contributed by atoms with Gasteiger partial charge in [0.2, 0.25) is 0 Å². The molecule has 3 unspecified atom stereocenters. The first kappa shape index (κ1) is 16.5. The molecule has 0 aliphatic carbocycles. The molecule has 0 saturated carbocycles. The lowest BCUT2D eigenvalue weighted by Gasteiger charge is -2.36. The summed E-state index contributed by atoms with van der Waals surface area (Å²) < 4.78 is 5.82. The van der Waals surface area contributed by atoms with Crippen LogP contribution in [0.4, 0.5) is 0 Å². The number of ether oxygens (including phenoxy) is 1. The van der Waals surface area contributed by atoms with Crippen molar-refractivity contribution in [1.82, 2.24) is 4.90 Å². The summed E-state index contributed by atoms with van der Waals surface area (Å²) in [6.07, 6.45) is 3.73. The summed E-state index contributed by atoms with van der Waals surface area (Å²) in [6.45, 7) is 9.43. The summed E-state index contributed by atoms with van der Waals surface area (Å²) in [7, 11) is 0. The van der Waals surface area contributed by atoms with Gasteiger partial charge in [0.1, 0.15) is 0 Å². The van der Waals surface area contributed by atoms with E-state index in [-0.39, 0.29) is 12.1 Å². The van der Waals surface area contributed by atoms with Gasteiger partial charge >= 0.3 is 0 Å². The standard InChI is InChI=1S/C18H30N2O/c1-4-17(19)18(15-10-8-14(3)9-11-15)20(5-2)13-16-7-6-12-21-16/h8-11,16-18H,4-7,12-13,19H2,1-3H3. The molecule has 1 aliphatic rings. The van der Waals surface area contributed by atoms with Crippen molar-refractivity contribution < 1.29 is 4.74 Å². The average Bonchev–Trinajstić information content (AvgIpc) is 3.01. The number of nitrogens with zero attached hydrogens (tertiary/aromatic N) is 1. The minimum Gasteiger partial charge on any atom is -0.377 e. The Hall–Kier alpha value is -0.900. The highest BCUT2D eigenvalue weighted by atomic mass is 16.5. The number of aryl methyl sites for hydroxylation is 1. The van der Waals surface area contributed by atoms with Gasteiger partial charge in [-0.15, -0.1) is 0 Å². The largest absolute Gasteiger partial charge is 0.377 e. The van der Waals surface area contributed by atoms with Crippen molar-refractivity contribution in [3.8, 4) is 0 Å². The van der Waals surface area contributed by atoms with Gasteiger partial charge in [0.25, 0.3) is 0 Å². The number of likely N-dealkylation sites (N-methyl/N-ethyl adjacent to an activating group) is 1. The van der Waals surface area contributed by atoms with Crippen molar-refractivity contribution in [2.45, 2.75) is 58.2 Å². The maximum atomic E-state index is 6.46. The normalized spacial score (nSPS) is 21.7. The van der Waals surface area contributed by atoms with Crippen LogP contribution >= 0.6 is 0 Å². The first-order valence-electron chi connectivity index (χ1n) is 8.33. The SMILES string of the molecule is CCC(N)C(c1ccc(C)cc1)N(CC)CC1CCCO1. The molecule has 1 heterocycles. The highest BCUT2D eigenvalue weighted by molar-refractivity contribution is 5.25. The zero-order valence-corrected chi connectivity index (χ0v) is 13.7. The van der Waals surface area contributed by atoms with Crippen LogP contribution in [-0.4, -0.2) is 36.7 Å². The van der Waals surface area contributed by atoms with Gasteiger partial charge < -0.3 is 10.5 Å². The molecule has 2 rings (SSSR count). The third-order valence-electron chi connectivity index (χ3n) is 4.56. The van der Waals surface area contributed by atoms with Gasteiger partial charge in [-0.1, -0.05) is 43.7 Å². The minimum atomic E-state index is 0.161. The molecule has 0 bridgehead atoms. The Morgan fingerprint density at radius 1 is 1.29 bits per heavy atom. The van der Waals surface area contributed by atoms with Gasteiger partial charge in [0, 0.05) is 25.2 Å². The summed E-state index contributed by atoms with van der Waals surface area (Å²) in [5, 5.41) is 0. The Kier molecular flexibility index (Phi) is 6.22. The Morgan fingerprint density at radius 3 is 2.52 bits per heavy atom. The van der Waals surface area contributed by atoms with E-state index in [2.05, 4.69) is 49.9 Å². The lowest BCUT2D eigenvalue weighted by Crippen LogP contribution is -2.44. The zero-order chi connectivity index (χ0) is 15.2. The number of hydrogen-bond acceptors (Lipinski definition) is 3. The van der Waals surface area contributed by atoms with Crippen LogP contribution in [0, 0.1) is 6.92 Å². The number of hydrogen-bond donors (Lipinski definition) is 1. The molecule has 2 N–H and O–H groups in total. The zero-order valence-electron chi connectivity index (χ0n) is 13.7. The van der Waals surface area contributed by atoms with E-state index in [1.54, 1.807) is 0 Å². The molecule has 3 heteroatoms. The summed E-state index contributed by atoms with van der Waals surface area (Å²) in [6, 6.07) is 9.27. The van der Waals surface area contributed by atoms with Crippen molar-refractivity contribution in [2.24, 2.45) is 5.73 Å². The third kappa shape index (κ3) is 4.29. The Bertz CT molecular complexity index is 412. The molecule has 3 nitrogen and oxygen atoms in total. The lowest BCUT2D eigenvalue weighted by atomic mass is 9.95. The van der Waals surface area contributed by atoms with Crippen LogP contribution in [0.15, 0.2) is 24.3 Å². The molecule has 118 valence electrons. The second-order valence-corrected chi connectivity index (χ2v) is 6.15. The van der Waals surface area contributed by atoms with Gasteiger partial charge in [-0.05, 0) is 38.3 Å². The van der Waals surface area contributed by atoms with Gasteiger partial charge in [-0.25, -0.2) is 0 Å². The average molecular weight is 290 g/mol. The Labute approximate surface area is 129 Å². The van der Waals surface area contributed by atoms with Crippen molar-refractivity contribution in [3.05, 3.63) is 35.4 Å². The smallest absolute Gasteiger partial charge is 0.0703 e. The van der Waals surface area contributed by atoms with Crippen LogP contribution in [0.2, 0.25) is 0 Å².